The van der Waals surface area contributed by atoms with Crippen molar-refractivity contribution < 1.29 is 4.42 Å². The Labute approximate surface area is 122 Å². The van der Waals surface area contributed by atoms with E-state index in [1.807, 2.05) is 0 Å². The number of rotatable bonds is 8. The first-order valence-electron chi connectivity index (χ1n) is 7.96. The van der Waals surface area contributed by atoms with Crippen molar-refractivity contribution in [3.8, 4) is 0 Å². The van der Waals surface area contributed by atoms with E-state index in [9.17, 15) is 0 Å². The summed E-state index contributed by atoms with van der Waals surface area (Å²) >= 11 is 0. The van der Waals surface area contributed by atoms with Crippen molar-refractivity contribution in [1.82, 2.24) is 5.32 Å². The van der Waals surface area contributed by atoms with Gasteiger partial charge in [0.05, 0.1) is 0 Å². The predicted octanol–water partition coefficient (Wildman–Crippen LogP) is 4.84. The highest BCUT2D eigenvalue weighted by Crippen LogP contribution is 2.23. The van der Waals surface area contributed by atoms with Gasteiger partial charge in [-0.15, -0.1) is 0 Å². The Hall–Kier alpha value is -1.28. The monoisotopic (exact) mass is 273 g/mol. The lowest BCUT2D eigenvalue weighted by Crippen LogP contribution is -2.30. The number of furan rings is 1. The molecule has 20 heavy (non-hydrogen) atoms. The van der Waals surface area contributed by atoms with Crippen LogP contribution in [0.3, 0.4) is 0 Å². The zero-order valence-corrected chi connectivity index (χ0v) is 13.0. The molecule has 1 heterocycles. The van der Waals surface area contributed by atoms with Crippen molar-refractivity contribution in [3.05, 3.63) is 35.6 Å². The summed E-state index contributed by atoms with van der Waals surface area (Å²) in [7, 11) is 0. The molecule has 1 unspecified atom stereocenters. The Morgan fingerprint density at radius 2 is 2.00 bits per heavy atom. The van der Waals surface area contributed by atoms with Gasteiger partial charge in [0.15, 0.2) is 0 Å². The molecule has 0 saturated heterocycles. The van der Waals surface area contributed by atoms with Crippen LogP contribution in [-0.4, -0.2) is 12.6 Å². The highest BCUT2D eigenvalue weighted by atomic mass is 16.3. The number of para-hydroxylation sites is 1. The van der Waals surface area contributed by atoms with Gasteiger partial charge in [-0.1, -0.05) is 38.5 Å². The first-order valence-corrected chi connectivity index (χ1v) is 7.96. The molecule has 2 heteroatoms. The molecule has 2 aromatic rings. The fourth-order valence-corrected chi connectivity index (χ4v) is 2.75. The molecule has 2 nitrogen and oxygen atoms in total. The molecule has 0 fully saturated rings. The minimum atomic E-state index is 0.620. The van der Waals surface area contributed by atoms with Crippen molar-refractivity contribution in [2.45, 2.75) is 58.9 Å². The van der Waals surface area contributed by atoms with E-state index in [1.54, 1.807) is 0 Å². The van der Waals surface area contributed by atoms with E-state index >= 15 is 0 Å². The van der Waals surface area contributed by atoms with Gasteiger partial charge in [-0.2, -0.15) is 0 Å². The lowest BCUT2D eigenvalue weighted by Gasteiger charge is -2.16. The summed E-state index contributed by atoms with van der Waals surface area (Å²) in [6, 6.07) is 9.16. The quantitative estimate of drug-likeness (QED) is 0.744. The fourth-order valence-electron chi connectivity index (χ4n) is 2.75. The van der Waals surface area contributed by atoms with Crippen LogP contribution in [0.4, 0.5) is 0 Å². The molecule has 1 atom stereocenters. The van der Waals surface area contributed by atoms with Crippen LogP contribution in [0, 0.1) is 6.92 Å². The Morgan fingerprint density at radius 1 is 1.15 bits per heavy atom. The molecule has 0 saturated carbocycles. The standard InChI is InChI=1S/C18H27NO/c1-4-7-16(19-12-5-2)10-11-17-13-15-9-6-8-14(3)18(15)20-17/h6,8-9,13,16,19H,4-5,7,10-12H2,1-3H3. The van der Waals surface area contributed by atoms with Crippen molar-refractivity contribution >= 4 is 11.0 Å². The average Bonchev–Trinajstić information content (AvgIpc) is 2.86. The second-order valence-electron chi connectivity index (χ2n) is 5.68. The van der Waals surface area contributed by atoms with E-state index < -0.39 is 0 Å². The summed E-state index contributed by atoms with van der Waals surface area (Å²) in [6.45, 7) is 7.70. The van der Waals surface area contributed by atoms with E-state index in [2.05, 4.69) is 50.4 Å². The summed E-state index contributed by atoms with van der Waals surface area (Å²) in [5.74, 6) is 1.12. The number of nitrogens with one attached hydrogen (secondary N) is 1. The molecule has 0 bridgehead atoms. The molecule has 110 valence electrons. The number of hydrogen-bond donors (Lipinski definition) is 1. The zero-order chi connectivity index (χ0) is 14.4. The molecule has 1 aromatic carbocycles. The lowest BCUT2D eigenvalue weighted by molar-refractivity contribution is 0.429. The molecule has 1 N–H and O–H groups in total. The van der Waals surface area contributed by atoms with Gasteiger partial charge >= 0.3 is 0 Å². The van der Waals surface area contributed by atoms with Gasteiger partial charge in [0, 0.05) is 17.8 Å². The van der Waals surface area contributed by atoms with Crippen molar-refractivity contribution in [3.63, 3.8) is 0 Å². The average molecular weight is 273 g/mol. The van der Waals surface area contributed by atoms with Gasteiger partial charge in [0.2, 0.25) is 0 Å². The Balaban J connectivity index is 1.98. The van der Waals surface area contributed by atoms with E-state index in [-0.39, 0.29) is 0 Å². The molecule has 0 amide bonds. The molecule has 0 aliphatic carbocycles. The molecule has 1 aromatic heterocycles. The molecular formula is C18H27NO. The smallest absolute Gasteiger partial charge is 0.137 e. The fraction of sp³-hybridized carbons (Fsp3) is 0.556. The third kappa shape index (κ3) is 3.86. The van der Waals surface area contributed by atoms with Crippen LogP contribution in [0.25, 0.3) is 11.0 Å². The van der Waals surface area contributed by atoms with E-state index in [4.69, 9.17) is 4.42 Å². The van der Waals surface area contributed by atoms with E-state index in [1.165, 1.54) is 30.2 Å². The van der Waals surface area contributed by atoms with Gasteiger partial charge in [-0.25, -0.2) is 0 Å². The van der Waals surface area contributed by atoms with Crippen molar-refractivity contribution in [2.24, 2.45) is 0 Å². The highest BCUT2D eigenvalue weighted by molar-refractivity contribution is 5.80. The van der Waals surface area contributed by atoms with Crippen molar-refractivity contribution in [2.75, 3.05) is 6.54 Å². The van der Waals surface area contributed by atoms with Crippen LogP contribution in [0.1, 0.15) is 50.9 Å². The third-order valence-corrected chi connectivity index (χ3v) is 3.85. The van der Waals surface area contributed by atoms with Gasteiger partial charge in [0.1, 0.15) is 11.3 Å². The van der Waals surface area contributed by atoms with Gasteiger partial charge < -0.3 is 9.73 Å². The molecular weight excluding hydrogens is 246 g/mol. The van der Waals surface area contributed by atoms with Crippen LogP contribution >= 0.6 is 0 Å². The maximum atomic E-state index is 6.00. The molecule has 0 aliphatic rings. The SMILES string of the molecule is CCCNC(CCC)CCc1cc2cccc(C)c2o1. The minimum Gasteiger partial charge on any atom is -0.461 e. The Kier molecular flexibility index (Phi) is 5.66. The van der Waals surface area contributed by atoms with Gasteiger partial charge in [-0.3, -0.25) is 0 Å². The molecule has 0 aliphatic heterocycles. The van der Waals surface area contributed by atoms with Crippen molar-refractivity contribution in [1.29, 1.82) is 0 Å². The second-order valence-corrected chi connectivity index (χ2v) is 5.68. The topological polar surface area (TPSA) is 25.2 Å². The second kappa shape index (κ2) is 7.49. The molecule has 2 rings (SSSR count). The van der Waals surface area contributed by atoms with Crippen LogP contribution in [-0.2, 0) is 6.42 Å². The highest BCUT2D eigenvalue weighted by Gasteiger charge is 2.10. The van der Waals surface area contributed by atoms with Crippen LogP contribution < -0.4 is 5.32 Å². The summed E-state index contributed by atoms with van der Waals surface area (Å²) in [5.41, 5.74) is 2.28. The molecule has 0 spiro atoms. The Bertz CT molecular complexity index is 529. The zero-order valence-electron chi connectivity index (χ0n) is 13.0. The minimum absolute atomic E-state index is 0.620. The number of fused-ring (bicyclic) bond motifs is 1. The summed E-state index contributed by atoms with van der Waals surface area (Å²) in [4.78, 5) is 0. The van der Waals surface area contributed by atoms with Crippen LogP contribution in [0.15, 0.2) is 28.7 Å². The Morgan fingerprint density at radius 3 is 2.70 bits per heavy atom. The van der Waals surface area contributed by atoms with E-state index in [0.29, 0.717) is 6.04 Å². The number of hydrogen-bond acceptors (Lipinski definition) is 2. The first kappa shape index (κ1) is 15.1. The largest absolute Gasteiger partial charge is 0.461 e. The maximum absolute atomic E-state index is 6.00. The number of aryl methyl sites for hydroxylation is 2. The maximum Gasteiger partial charge on any atom is 0.137 e. The molecule has 0 radical (unpaired) electrons. The normalized spacial score (nSPS) is 12.9. The van der Waals surface area contributed by atoms with Gasteiger partial charge in [-0.05, 0) is 44.4 Å². The van der Waals surface area contributed by atoms with E-state index in [0.717, 1.165) is 30.7 Å². The number of benzene rings is 1. The third-order valence-electron chi connectivity index (χ3n) is 3.85. The van der Waals surface area contributed by atoms with Crippen LogP contribution in [0.5, 0.6) is 0 Å². The predicted molar refractivity (Wildman–Crippen MR) is 86.3 cm³/mol. The first-order chi connectivity index (χ1) is 9.74. The lowest BCUT2D eigenvalue weighted by atomic mass is 10.0. The summed E-state index contributed by atoms with van der Waals surface area (Å²) in [6.07, 6.45) is 5.87. The van der Waals surface area contributed by atoms with Gasteiger partial charge in [0.25, 0.3) is 0 Å². The summed E-state index contributed by atoms with van der Waals surface area (Å²) < 4.78 is 6.00. The van der Waals surface area contributed by atoms with Crippen LogP contribution in [0.2, 0.25) is 0 Å². The summed E-state index contributed by atoms with van der Waals surface area (Å²) in [5, 5.41) is 4.87.